The monoisotopic (exact) mass is 253 g/mol. The van der Waals surface area contributed by atoms with Crippen molar-refractivity contribution in [1.29, 1.82) is 0 Å². The molecular formula is C14H20ClNO. The fraction of sp³-hybridized carbons (Fsp3) is 0.500. The molecule has 0 spiro atoms. The van der Waals surface area contributed by atoms with E-state index in [4.69, 9.17) is 11.6 Å². The Balaban J connectivity index is 2.58. The molecule has 1 atom stereocenters. The topological polar surface area (TPSA) is 29.1 Å². The number of halogens is 1. The van der Waals surface area contributed by atoms with E-state index >= 15 is 0 Å². The number of rotatable bonds is 5. The van der Waals surface area contributed by atoms with Crippen LogP contribution in [0.3, 0.4) is 0 Å². The largest absolute Gasteiger partial charge is 0.351 e. The molecule has 1 unspecified atom stereocenters. The second-order valence-corrected chi connectivity index (χ2v) is 5.03. The van der Waals surface area contributed by atoms with Crippen LogP contribution < -0.4 is 5.32 Å². The van der Waals surface area contributed by atoms with Gasteiger partial charge in [0.2, 0.25) is 0 Å². The summed E-state index contributed by atoms with van der Waals surface area (Å²) in [5, 5.41) is 2.90. The van der Waals surface area contributed by atoms with Gasteiger partial charge in [0, 0.05) is 12.1 Å². The van der Waals surface area contributed by atoms with Crippen molar-refractivity contribution >= 4 is 17.5 Å². The van der Waals surface area contributed by atoms with Gasteiger partial charge in [-0.15, -0.1) is 11.6 Å². The van der Waals surface area contributed by atoms with Crippen LogP contribution in [0.25, 0.3) is 0 Å². The molecular weight excluding hydrogens is 234 g/mol. The van der Waals surface area contributed by atoms with E-state index in [-0.39, 0.29) is 11.3 Å². The number of hydrogen-bond acceptors (Lipinski definition) is 1. The summed E-state index contributed by atoms with van der Waals surface area (Å²) in [6, 6.07) is 5.83. The summed E-state index contributed by atoms with van der Waals surface area (Å²) in [5.74, 6) is -0.0377. The average molecular weight is 254 g/mol. The van der Waals surface area contributed by atoms with Crippen molar-refractivity contribution in [3.63, 3.8) is 0 Å². The van der Waals surface area contributed by atoms with Gasteiger partial charge in [-0.05, 0) is 31.9 Å². The van der Waals surface area contributed by atoms with Gasteiger partial charge in [0.05, 0.1) is 5.38 Å². The first-order valence-corrected chi connectivity index (χ1v) is 6.47. The molecule has 0 heterocycles. The van der Waals surface area contributed by atoms with Gasteiger partial charge in [0.15, 0.2) is 0 Å². The van der Waals surface area contributed by atoms with Gasteiger partial charge in [-0.1, -0.05) is 31.0 Å². The van der Waals surface area contributed by atoms with Crippen LogP contribution in [0.5, 0.6) is 0 Å². The van der Waals surface area contributed by atoms with Gasteiger partial charge in [-0.2, -0.15) is 0 Å². The van der Waals surface area contributed by atoms with E-state index in [0.29, 0.717) is 6.54 Å². The number of carbonyl (C=O) groups excluding carboxylic acids is 1. The first-order chi connectivity index (χ1) is 8.04. The standard InChI is InChI=1S/C14H20ClNO/c1-4-5-12(15)9-16-14(17)13-7-6-10(2)8-11(13)3/h6-8,12H,4-5,9H2,1-3H3,(H,16,17). The number of benzene rings is 1. The lowest BCUT2D eigenvalue weighted by Gasteiger charge is -2.11. The van der Waals surface area contributed by atoms with Crippen LogP contribution >= 0.6 is 11.6 Å². The number of aryl methyl sites for hydroxylation is 2. The number of alkyl halides is 1. The van der Waals surface area contributed by atoms with Crippen molar-refractivity contribution in [1.82, 2.24) is 5.32 Å². The van der Waals surface area contributed by atoms with Crippen LogP contribution in [0.15, 0.2) is 18.2 Å². The van der Waals surface area contributed by atoms with Gasteiger partial charge in [-0.25, -0.2) is 0 Å². The number of hydrogen-bond donors (Lipinski definition) is 1. The highest BCUT2D eigenvalue weighted by atomic mass is 35.5. The second kappa shape index (κ2) is 6.65. The third-order valence-corrected chi connectivity index (χ3v) is 3.09. The molecule has 0 aliphatic rings. The van der Waals surface area contributed by atoms with Gasteiger partial charge in [-0.3, -0.25) is 4.79 Å². The Kier molecular flexibility index (Phi) is 5.49. The molecule has 17 heavy (non-hydrogen) atoms. The molecule has 94 valence electrons. The zero-order valence-electron chi connectivity index (χ0n) is 10.7. The van der Waals surface area contributed by atoms with Gasteiger partial charge < -0.3 is 5.32 Å². The number of nitrogens with one attached hydrogen (secondary N) is 1. The summed E-state index contributed by atoms with van der Waals surface area (Å²) < 4.78 is 0. The minimum absolute atomic E-state index is 0.0229. The summed E-state index contributed by atoms with van der Waals surface area (Å²) in [6.45, 7) is 6.58. The molecule has 0 bridgehead atoms. The van der Waals surface area contributed by atoms with E-state index in [2.05, 4.69) is 12.2 Å². The van der Waals surface area contributed by atoms with Crippen LogP contribution in [0.2, 0.25) is 0 Å². The van der Waals surface area contributed by atoms with E-state index in [0.717, 1.165) is 24.0 Å². The maximum Gasteiger partial charge on any atom is 0.251 e. The Morgan fingerprint density at radius 2 is 2.12 bits per heavy atom. The molecule has 3 heteroatoms. The van der Waals surface area contributed by atoms with Crippen LogP contribution in [0, 0.1) is 13.8 Å². The molecule has 0 fully saturated rings. The molecule has 0 saturated carbocycles. The SMILES string of the molecule is CCCC(Cl)CNC(=O)c1ccc(C)cc1C. The van der Waals surface area contributed by atoms with Crippen molar-refractivity contribution in [2.45, 2.75) is 39.0 Å². The molecule has 0 radical (unpaired) electrons. The quantitative estimate of drug-likeness (QED) is 0.801. The van der Waals surface area contributed by atoms with Crippen LogP contribution in [-0.2, 0) is 0 Å². The molecule has 0 saturated heterocycles. The maximum atomic E-state index is 11.9. The van der Waals surface area contributed by atoms with E-state index in [9.17, 15) is 4.79 Å². The smallest absolute Gasteiger partial charge is 0.251 e. The highest BCUT2D eigenvalue weighted by Crippen LogP contribution is 2.11. The number of amides is 1. The van der Waals surface area contributed by atoms with Crippen LogP contribution in [0.4, 0.5) is 0 Å². The predicted molar refractivity (Wildman–Crippen MR) is 72.8 cm³/mol. The highest BCUT2D eigenvalue weighted by molar-refractivity contribution is 6.20. The fourth-order valence-electron chi connectivity index (χ4n) is 1.78. The summed E-state index contributed by atoms with van der Waals surface area (Å²) in [4.78, 5) is 11.9. The van der Waals surface area contributed by atoms with Gasteiger partial charge in [0.25, 0.3) is 5.91 Å². The molecule has 1 rings (SSSR count). The van der Waals surface area contributed by atoms with Crippen molar-refractivity contribution in [3.05, 3.63) is 34.9 Å². The first kappa shape index (κ1) is 14.0. The predicted octanol–water partition coefficient (Wildman–Crippen LogP) is 3.44. The summed E-state index contributed by atoms with van der Waals surface area (Å²) in [6.07, 6.45) is 1.96. The van der Waals surface area contributed by atoms with Gasteiger partial charge in [0.1, 0.15) is 0 Å². The average Bonchev–Trinajstić information content (AvgIpc) is 2.26. The Hall–Kier alpha value is -1.02. The van der Waals surface area contributed by atoms with Crippen molar-refractivity contribution < 1.29 is 4.79 Å². The lowest BCUT2D eigenvalue weighted by Crippen LogP contribution is -2.30. The Bertz CT molecular complexity index is 390. The molecule has 1 N–H and O–H groups in total. The fourth-order valence-corrected chi connectivity index (χ4v) is 2.08. The third kappa shape index (κ3) is 4.39. The Morgan fingerprint density at radius 1 is 1.41 bits per heavy atom. The Morgan fingerprint density at radius 3 is 2.71 bits per heavy atom. The molecule has 2 nitrogen and oxygen atoms in total. The van der Waals surface area contributed by atoms with E-state index in [1.54, 1.807) is 0 Å². The minimum Gasteiger partial charge on any atom is -0.351 e. The lowest BCUT2D eigenvalue weighted by atomic mass is 10.1. The van der Waals surface area contributed by atoms with Crippen LogP contribution in [0.1, 0.15) is 41.3 Å². The maximum absolute atomic E-state index is 11.9. The molecule has 1 amide bonds. The summed E-state index contributed by atoms with van der Waals surface area (Å²) >= 11 is 6.06. The zero-order valence-corrected chi connectivity index (χ0v) is 11.5. The normalized spacial score (nSPS) is 12.2. The first-order valence-electron chi connectivity index (χ1n) is 6.04. The second-order valence-electron chi connectivity index (χ2n) is 4.41. The molecule has 1 aromatic carbocycles. The zero-order chi connectivity index (χ0) is 12.8. The summed E-state index contributed by atoms with van der Waals surface area (Å²) in [5.41, 5.74) is 2.90. The van der Waals surface area contributed by atoms with Crippen molar-refractivity contribution in [2.24, 2.45) is 0 Å². The molecule has 0 aliphatic heterocycles. The molecule has 0 aliphatic carbocycles. The van der Waals surface area contributed by atoms with E-state index in [1.165, 1.54) is 5.56 Å². The van der Waals surface area contributed by atoms with Crippen molar-refractivity contribution in [3.8, 4) is 0 Å². The summed E-state index contributed by atoms with van der Waals surface area (Å²) in [7, 11) is 0. The van der Waals surface area contributed by atoms with Crippen molar-refractivity contribution in [2.75, 3.05) is 6.54 Å². The van der Waals surface area contributed by atoms with Gasteiger partial charge >= 0.3 is 0 Å². The lowest BCUT2D eigenvalue weighted by molar-refractivity contribution is 0.0952. The third-order valence-electron chi connectivity index (χ3n) is 2.71. The minimum atomic E-state index is -0.0377. The molecule has 0 aromatic heterocycles. The highest BCUT2D eigenvalue weighted by Gasteiger charge is 2.10. The van der Waals surface area contributed by atoms with E-state index in [1.807, 2.05) is 32.0 Å². The van der Waals surface area contributed by atoms with E-state index < -0.39 is 0 Å². The van der Waals surface area contributed by atoms with Crippen LogP contribution in [-0.4, -0.2) is 17.8 Å². The molecule has 1 aromatic rings. The number of carbonyl (C=O) groups is 1. The Labute approximate surface area is 108 Å².